The van der Waals surface area contributed by atoms with E-state index in [4.69, 9.17) is 4.74 Å². The molecule has 6 heteroatoms. The summed E-state index contributed by atoms with van der Waals surface area (Å²) in [5, 5.41) is 5.35. The number of rotatable bonds is 7. The van der Waals surface area contributed by atoms with Crippen molar-refractivity contribution in [2.45, 2.75) is 19.8 Å². The number of nitrogens with one attached hydrogen (secondary N) is 2. The van der Waals surface area contributed by atoms with Gasteiger partial charge in [0.1, 0.15) is 13.2 Å². The maximum atomic E-state index is 11.8. The van der Waals surface area contributed by atoms with Gasteiger partial charge in [-0.15, -0.1) is 0 Å². The molecule has 1 aromatic heterocycles. The summed E-state index contributed by atoms with van der Waals surface area (Å²) in [5.41, 5.74) is 2.49. The molecule has 2 rings (SSSR count). The van der Waals surface area contributed by atoms with Gasteiger partial charge in [-0.25, -0.2) is 0 Å². The van der Waals surface area contributed by atoms with Crippen molar-refractivity contribution in [3.63, 3.8) is 0 Å². The molecule has 2 N–H and O–H groups in total. The first-order chi connectivity index (χ1) is 11.5. The van der Waals surface area contributed by atoms with Crippen molar-refractivity contribution in [3.8, 4) is 0 Å². The van der Waals surface area contributed by atoms with Crippen LogP contribution in [0, 0.1) is 0 Å². The van der Waals surface area contributed by atoms with Gasteiger partial charge in [0, 0.05) is 11.9 Å². The maximum absolute atomic E-state index is 11.8. The molecule has 0 aliphatic rings. The second kappa shape index (κ2) is 8.79. The van der Waals surface area contributed by atoms with Gasteiger partial charge in [0.05, 0.1) is 11.9 Å². The number of hydrogen-bond acceptors (Lipinski definition) is 4. The highest BCUT2D eigenvalue weighted by atomic mass is 16.5. The van der Waals surface area contributed by atoms with E-state index in [1.165, 1.54) is 11.8 Å². The molecule has 24 heavy (non-hydrogen) atoms. The van der Waals surface area contributed by atoms with Crippen LogP contribution in [0.15, 0.2) is 48.8 Å². The molecule has 0 fully saturated rings. The van der Waals surface area contributed by atoms with Crippen LogP contribution in [0.5, 0.6) is 0 Å². The lowest BCUT2D eigenvalue weighted by molar-refractivity contribution is -0.125. The summed E-state index contributed by atoms with van der Waals surface area (Å²) in [7, 11) is 0. The number of carbonyl (C=O) groups excluding carboxylic acids is 2. The van der Waals surface area contributed by atoms with Gasteiger partial charge in [0.2, 0.25) is 11.8 Å². The fourth-order valence-corrected chi connectivity index (χ4v) is 2.02. The van der Waals surface area contributed by atoms with Crippen molar-refractivity contribution in [2.75, 3.05) is 23.8 Å². The van der Waals surface area contributed by atoms with Crippen LogP contribution in [0.4, 0.5) is 11.4 Å². The van der Waals surface area contributed by atoms with Crippen LogP contribution >= 0.6 is 0 Å². The number of nitrogens with zero attached hydrogens (tertiary/aromatic N) is 1. The Morgan fingerprint density at radius 1 is 1.00 bits per heavy atom. The van der Waals surface area contributed by atoms with Gasteiger partial charge < -0.3 is 15.4 Å². The van der Waals surface area contributed by atoms with E-state index < -0.39 is 0 Å². The Hall–Kier alpha value is -2.73. The fourth-order valence-electron chi connectivity index (χ4n) is 2.02. The third kappa shape index (κ3) is 5.81. The van der Waals surface area contributed by atoms with Crippen LogP contribution in [0.2, 0.25) is 0 Å². The number of ether oxygens (including phenoxy) is 1. The first-order valence-electron chi connectivity index (χ1n) is 7.72. The highest BCUT2D eigenvalue weighted by Gasteiger charge is 2.07. The third-order valence-corrected chi connectivity index (χ3v) is 3.27. The van der Waals surface area contributed by atoms with E-state index in [1.54, 1.807) is 18.3 Å². The van der Waals surface area contributed by atoms with Gasteiger partial charge in [-0.05, 0) is 35.7 Å². The maximum Gasteiger partial charge on any atom is 0.250 e. The number of amides is 2. The van der Waals surface area contributed by atoms with Crippen molar-refractivity contribution in [1.82, 2.24) is 4.98 Å². The fraction of sp³-hybridized carbons (Fsp3) is 0.278. The summed E-state index contributed by atoms with van der Waals surface area (Å²) in [6.07, 6.45) is 3.15. The van der Waals surface area contributed by atoms with Gasteiger partial charge in [-0.2, -0.15) is 0 Å². The lowest BCUT2D eigenvalue weighted by atomic mass is 10.0. The molecule has 0 bridgehead atoms. The number of carbonyl (C=O) groups is 2. The largest absolute Gasteiger partial charge is 0.362 e. The number of aromatic nitrogens is 1. The van der Waals surface area contributed by atoms with Crippen LogP contribution in [0.1, 0.15) is 25.3 Å². The van der Waals surface area contributed by atoms with Crippen molar-refractivity contribution < 1.29 is 14.3 Å². The first-order valence-corrected chi connectivity index (χ1v) is 7.72. The normalized spacial score (nSPS) is 10.5. The predicted octanol–water partition coefficient (Wildman–Crippen LogP) is 2.80. The van der Waals surface area contributed by atoms with Gasteiger partial charge in [0.25, 0.3) is 0 Å². The minimum absolute atomic E-state index is 0.188. The Morgan fingerprint density at radius 3 is 2.17 bits per heavy atom. The van der Waals surface area contributed by atoms with Crippen LogP contribution < -0.4 is 10.6 Å². The highest BCUT2D eigenvalue weighted by Crippen LogP contribution is 2.16. The average molecular weight is 327 g/mol. The van der Waals surface area contributed by atoms with E-state index in [0.29, 0.717) is 17.3 Å². The van der Waals surface area contributed by atoms with Gasteiger partial charge in [-0.1, -0.05) is 26.0 Å². The number of anilines is 2. The number of benzene rings is 1. The second-order valence-electron chi connectivity index (χ2n) is 5.61. The van der Waals surface area contributed by atoms with Crippen LogP contribution in [-0.4, -0.2) is 30.0 Å². The van der Waals surface area contributed by atoms with E-state index in [9.17, 15) is 9.59 Å². The molecule has 0 saturated carbocycles. The van der Waals surface area contributed by atoms with Crippen molar-refractivity contribution in [1.29, 1.82) is 0 Å². The molecule has 2 aromatic rings. The molecule has 126 valence electrons. The second-order valence-corrected chi connectivity index (χ2v) is 5.61. The molecule has 0 saturated heterocycles. The van der Waals surface area contributed by atoms with E-state index in [-0.39, 0.29) is 25.0 Å². The topological polar surface area (TPSA) is 80.3 Å². The molecule has 0 radical (unpaired) electrons. The molecule has 1 heterocycles. The number of pyridine rings is 1. The summed E-state index contributed by atoms with van der Waals surface area (Å²) >= 11 is 0. The Kier molecular flexibility index (Phi) is 6.45. The molecular weight excluding hydrogens is 306 g/mol. The summed E-state index contributed by atoms with van der Waals surface area (Å²) in [6.45, 7) is 3.83. The highest BCUT2D eigenvalue weighted by molar-refractivity contribution is 5.93. The molecule has 0 unspecified atom stereocenters. The molecular formula is C18H21N3O3. The Labute approximate surface area is 141 Å². The molecule has 0 atom stereocenters. The summed E-state index contributed by atoms with van der Waals surface area (Å²) in [5.74, 6) is -0.199. The van der Waals surface area contributed by atoms with Gasteiger partial charge in [-0.3, -0.25) is 14.6 Å². The Balaban J connectivity index is 1.70. The van der Waals surface area contributed by atoms with Gasteiger partial charge >= 0.3 is 0 Å². The molecule has 2 amide bonds. The summed E-state index contributed by atoms with van der Waals surface area (Å²) < 4.78 is 5.12. The zero-order valence-electron chi connectivity index (χ0n) is 13.8. The minimum Gasteiger partial charge on any atom is -0.362 e. The lowest BCUT2D eigenvalue weighted by Crippen LogP contribution is -2.24. The molecule has 6 nitrogen and oxygen atoms in total. The zero-order chi connectivity index (χ0) is 17.4. The quantitative estimate of drug-likeness (QED) is 0.819. The van der Waals surface area contributed by atoms with Crippen molar-refractivity contribution in [3.05, 3.63) is 54.4 Å². The van der Waals surface area contributed by atoms with E-state index >= 15 is 0 Å². The lowest BCUT2D eigenvalue weighted by Gasteiger charge is -2.09. The average Bonchev–Trinajstić information content (AvgIpc) is 2.56. The minimum atomic E-state index is -0.336. The van der Waals surface area contributed by atoms with Crippen LogP contribution in [0.25, 0.3) is 0 Å². The zero-order valence-corrected chi connectivity index (χ0v) is 13.8. The molecule has 0 aliphatic carbocycles. The SMILES string of the molecule is CC(C)c1ccc(NC(=O)COCC(=O)Nc2cccnc2)cc1. The van der Waals surface area contributed by atoms with E-state index in [2.05, 4.69) is 29.5 Å². The van der Waals surface area contributed by atoms with Crippen LogP contribution in [0.3, 0.4) is 0 Å². The third-order valence-electron chi connectivity index (χ3n) is 3.27. The molecule has 1 aromatic carbocycles. The predicted molar refractivity (Wildman–Crippen MR) is 92.8 cm³/mol. The molecule has 0 spiro atoms. The summed E-state index contributed by atoms with van der Waals surface area (Å²) in [6, 6.07) is 11.1. The van der Waals surface area contributed by atoms with Crippen molar-refractivity contribution in [2.24, 2.45) is 0 Å². The van der Waals surface area contributed by atoms with Crippen LogP contribution in [-0.2, 0) is 14.3 Å². The Morgan fingerprint density at radius 2 is 1.62 bits per heavy atom. The van der Waals surface area contributed by atoms with Gasteiger partial charge in [0.15, 0.2) is 0 Å². The summed E-state index contributed by atoms with van der Waals surface area (Å²) in [4.78, 5) is 27.3. The Bertz CT molecular complexity index is 670. The monoisotopic (exact) mass is 327 g/mol. The number of hydrogen-bond donors (Lipinski definition) is 2. The standard InChI is InChI=1S/C18H21N3O3/c1-13(2)14-5-7-15(8-6-14)20-17(22)11-24-12-18(23)21-16-4-3-9-19-10-16/h3-10,13H,11-12H2,1-2H3,(H,20,22)(H,21,23). The smallest absolute Gasteiger partial charge is 0.250 e. The molecule has 0 aliphatic heterocycles. The van der Waals surface area contributed by atoms with E-state index in [1.807, 2.05) is 24.3 Å². The first kappa shape index (κ1) is 17.6. The van der Waals surface area contributed by atoms with E-state index in [0.717, 1.165) is 0 Å². The van der Waals surface area contributed by atoms with Crippen molar-refractivity contribution >= 4 is 23.2 Å².